The fourth-order valence-corrected chi connectivity index (χ4v) is 2.21. The molecule has 0 spiro atoms. The van der Waals surface area contributed by atoms with E-state index in [0.29, 0.717) is 5.92 Å². The minimum Gasteiger partial charge on any atom is -0.393 e. The van der Waals surface area contributed by atoms with E-state index in [-0.39, 0.29) is 6.10 Å². The molecule has 0 amide bonds. The molecule has 0 radical (unpaired) electrons. The van der Waals surface area contributed by atoms with Gasteiger partial charge < -0.3 is 5.11 Å². The molecule has 1 N–H and O–H groups in total. The van der Waals surface area contributed by atoms with Gasteiger partial charge in [-0.3, -0.25) is 0 Å². The van der Waals surface area contributed by atoms with Crippen molar-refractivity contribution in [2.45, 2.75) is 86.7 Å². The molecule has 17 heavy (non-hydrogen) atoms. The third kappa shape index (κ3) is 9.64. The lowest BCUT2D eigenvalue weighted by Crippen LogP contribution is -2.27. The molecule has 0 bridgehead atoms. The molecule has 0 saturated heterocycles. The van der Waals surface area contributed by atoms with Gasteiger partial charge in [-0.1, -0.05) is 67.7 Å². The number of hydrogen-bond acceptors (Lipinski definition) is 1. The molecule has 1 aliphatic rings. The van der Waals surface area contributed by atoms with Crippen molar-refractivity contribution in [3.63, 3.8) is 0 Å². The Morgan fingerprint density at radius 1 is 1.06 bits per heavy atom. The normalized spacial score (nSPS) is 27.7. The van der Waals surface area contributed by atoms with Crippen molar-refractivity contribution in [3.05, 3.63) is 0 Å². The molecule has 0 aromatic carbocycles. The molecule has 0 aromatic heterocycles. The monoisotopic (exact) mass is 244 g/mol. The van der Waals surface area contributed by atoms with Gasteiger partial charge in [0.05, 0.1) is 6.10 Å². The molecule has 1 heteroatoms. The first-order chi connectivity index (χ1) is 8.09. The summed E-state index contributed by atoms with van der Waals surface area (Å²) in [6.07, 6.45) is 6.24. The minimum absolute atomic E-state index is 0.0223. The van der Waals surface area contributed by atoms with Crippen LogP contribution in [0, 0.1) is 17.8 Å². The van der Waals surface area contributed by atoms with Gasteiger partial charge >= 0.3 is 0 Å². The van der Waals surface area contributed by atoms with Crippen molar-refractivity contribution in [1.29, 1.82) is 0 Å². The van der Waals surface area contributed by atoms with Gasteiger partial charge in [-0.05, 0) is 30.6 Å². The van der Waals surface area contributed by atoms with Crippen molar-refractivity contribution in [2.75, 3.05) is 0 Å². The van der Waals surface area contributed by atoms with Crippen molar-refractivity contribution < 1.29 is 5.11 Å². The molecule has 0 heterocycles. The van der Waals surface area contributed by atoms with Crippen LogP contribution in [0.2, 0.25) is 0 Å². The summed E-state index contributed by atoms with van der Waals surface area (Å²) in [5, 5.41) is 9.71. The highest BCUT2D eigenvalue weighted by Gasteiger charge is 2.25. The first-order valence-corrected chi connectivity index (χ1v) is 7.77. The summed E-state index contributed by atoms with van der Waals surface area (Å²) in [6, 6.07) is 0. The average Bonchev–Trinajstić information content (AvgIpc) is 2.36. The summed E-state index contributed by atoms with van der Waals surface area (Å²) < 4.78 is 0. The lowest BCUT2D eigenvalue weighted by molar-refractivity contribution is 0.0498. The Bertz CT molecular complexity index is 142. The SMILES string of the molecule is CC.CC.CC(C)CCC1CCC(C)C(O)C1. The topological polar surface area (TPSA) is 20.2 Å². The average molecular weight is 244 g/mol. The second-order valence-corrected chi connectivity index (χ2v) is 5.19. The lowest BCUT2D eigenvalue weighted by atomic mass is 9.78. The maximum absolute atomic E-state index is 9.71. The predicted octanol–water partition coefficient (Wildman–Crippen LogP) is 5.27. The summed E-state index contributed by atoms with van der Waals surface area (Å²) in [5.41, 5.74) is 0. The molecular formula is C16H36O. The van der Waals surface area contributed by atoms with Gasteiger partial charge in [0.15, 0.2) is 0 Å². The van der Waals surface area contributed by atoms with Crippen molar-refractivity contribution in [2.24, 2.45) is 17.8 Å². The van der Waals surface area contributed by atoms with Crippen molar-refractivity contribution in [1.82, 2.24) is 0 Å². The highest BCUT2D eigenvalue weighted by molar-refractivity contribution is 4.77. The van der Waals surface area contributed by atoms with Crippen LogP contribution in [-0.4, -0.2) is 11.2 Å². The molecular weight excluding hydrogens is 208 g/mol. The van der Waals surface area contributed by atoms with E-state index in [4.69, 9.17) is 0 Å². The first kappa shape index (κ1) is 19.3. The van der Waals surface area contributed by atoms with Crippen LogP contribution in [0.3, 0.4) is 0 Å². The quantitative estimate of drug-likeness (QED) is 0.717. The maximum Gasteiger partial charge on any atom is 0.0568 e. The highest BCUT2D eigenvalue weighted by Crippen LogP contribution is 2.32. The standard InChI is InChI=1S/C12H24O.2C2H6/c1-9(2)4-6-11-7-5-10(3)12(13)8-11;2*1-2/h9-13H,4-8H2,1-3H3;2*1-2H3. The summed E-state index contributed by atoms with van der Waals surface area (Å²) in [7, 11) is 0. The minimum atomic E-state index is -0.0223. The zero-order chi connectivity index (χ0) is 13.8. The number of aliphatic hydroxyl groups excluding tert-OH is 1. The third-order valence-corrected chi connectivity index (χ3v) is 3.41. The van der Waals surface area contributed by atoms with E-state index in [1.54, 1.807) is 0 Å². The van der Waals surface area contributed by atoms with Gasteiger partial charge in [-0.15, -0.1) is 0 Å². The van der Waals surface area contributed by atoms with Crippen molar-refractivity contribution in [3.8, 4) is 0 Å². The molecule has 1 rings (SSSR count). The van der Waals surface area contributed by atoms with E-state index >= 15 is 0 Å². The van der Waals surface area contributed by atoms with E-state index in [1.807, 2.05) is 27.7 Å². The Labute approximate surface area is 110 Å². The molecule has 3 unspecified atom stereocenters. The van der Waals surface area contributed by atoms with Crippen LogP contribution in [-0.2, 0) is 0 Å². The fraction of sp³-hybridized carbons (Fsp3) is 1.00. The molecule has 1 fully saturated rings. The van der Waals surface area contributed by atoms with E-state index in [0.717, 1.165) is 18.3 Å². The van der Waals surface area contributed by atoms with Crippen molar-refractivity contribution >= 4 is 0 Å². The zero-order valence-electron chi connectivity index (χ0n) is 13.3. The Balaban J connectivity index is 0. The van der Waals surface area contributed by atoms with E-state index in [2.05, 4.69) is 20.8 Å². The van der Waals surface area contributed by atoms with Crippen LogP contribution in [0.5, 0.6) is 0 Å². The zero-order valence-corrected chi connectivity index (χ0v) is 13.3. The number of hydrogen-bond donors (Lipinski definition) is 1. The lowest BCUT2D eigenvalue weighted by Gasteiger charge is -2.31. The number of rotatable bonds is 3. The van der Waals surface area contributed by atoms with E-state index in [1.165, 1.54) is 25.7 Å². The summed E-state index contributed by atoms with van der Waals surface area (Å²) in [4.78, 5) is 0. The van der Waals surface area contributed by atoms with E-state index in [9.17, 15) is 5.11 Å². The van der Waals surface area contributed by atoms with Crippen LogP contribution in [0.25, 0.3) is 0 Å². The van der Waals surface area contributed by atoms with Gasteiger partial charge in [-0.25, -0.2) is 0 Å². The third-order valence-electron chi connectivity index (χ3n) is 3.41. The maximum atomic E-state index is 9.71. The Morgan fingerprint density at radius 2 is 1.59 bits per heavy atom. The molecule has 0 aromatic rings. The molecule has 1 saturated carbocycles. The smallest absolute Gasteiger partial charge is 0.0568 e. The van der Waals surface area contributed by atoms with Crippen LogP contribution in [0.1, 0.15) is 80.6 Å². The molecule has 0 aliphatic heterocycles. The summed E-state index contributed by atoms with van der Waals surface area (Å²) in [6.45, 7) is 14.7. The molecule has 106 valence electrons. The summed E-state index contributed by atoms with van der Waals surface area (Å²) in [5.74, 6) is 2.15. The van der Waals surface area contributed by atoms with Gasteiger partial charge in [0, 0.05) is 0 Å². The highest BCUT2D eigenvalue weighted by atomic mass is 16.3. The molecule has 1 nitrogen and oxygen atoms in total. The summed E-state index contributed by atoms with van der Waals surface area (Å²) >= 11 is 0. The second-order valence-electron chi connectivity index (χ2n) is 5.19. The van der Waals surface area contributed by atoms with Crippen LogP contribution in [0.4, 0.5) is 0 Å². The van der Waals surface area contributed by atoms with Crippen LogP contribution < -0.4 is 0 Å². The largest absolute Gasteiger partial charge is 0.393 e. The van der Waals surface area contributed by atoms with Gasteiger partial charge in [0.25, 0.3) is 0 Å². The van der Waals surface area contributed by atoms with Gasteiger partial charge in [0.2, 0.25) is 0 Å². The van der Waals surface area contributed by atoms with E-state index < -0.39 is 0 Å². The van der Waals surface area contributed by atoms with Gasteiger partial charge in [0.1, 0.15) is 0 Å². The Hall–Kier alpha value is -0.0400. The predicted molar refractivity (Wildman–Crippen MR) is 79.3 cm³/mol. The van der Waals surface area contributed by atoms with Gasteiger partial charge in [-0.2, -0.15) is 0 Å². The fourth-order valence-electron chi connectivity index (χ4n) is 2.21. The first-order valence-electron chi connectivity index (χ1n) is 7.77. The Morgan fingerprint density at radius 3 is 2.00 bits per heavy atom. The number of aliphatic hydroxyl groups is 1. The Kier molecular flexibility index (Phi) is 14.1. The molecule has 1 aliphatic carbocycles. The molecule has 3 atom stereocenters. The van der Waals surface area contributed by atoms with Crippen LogP contribution >= 0.6 is 0 Å². The second kappa shape index (κ2) is 12.4. The van der Waals surface area contributed by atoms with Crippen LogP contribution in [0.15, 0.2) is 0 Å².